The highest BCUT2D eigenvalue weighted by Gasteiger charge is 2.17. The lowest BCUT2D eigenvalue weighted by molar-refractivity contribution is 0.0986. The van der Waals surface area contributed by atoms with Gasteiger partial charge in [-0.05, 0) is 6.42 Å². The molecule has 1 atom stereocenters. The maximum absolute atomic E-state index is 10.9. The summed E-state index contributed by atoms with van der Waals surface area (Å²) in [5.41, 5.74) is 0. The Bertz CT molecular complexity index is 179. The summed E-state index contributed by atoms with van der Waals surface area (Å²) in [5, 5.41) is 9.12. The molecule has 0 spiro atoms. The van der Waals surface area contributed by atoms with Crippen molar-refractivity contribution in [2.75, 3.05) is 13.7 Å². The lowest BCUT2D eigenvalue weighted by atomic mass is 10.2. The van der Waals surface area contributed by atoms with Crippen molar-refractivity contribution in [3.8, 4) is 0 Å². The molecule has 1 aliphatic rings. The van der Waals surface area contributed by atoms with Crippen molar-refractivity contribution in [2.45, 2.75) is 12.5 Å². The molecule has 0 saturated heterocycles. The number of aliphatic hydroxyl groups is 1. The summed E-state index contributed by atoms with van der Waals surface area (Å²) in [6.45, 7) is 0.323. The SMILES string of the molecule is COC(=O)N1C=CC[C@@H](O)C1. The van der Waals surface area contributed by atoms with E-state index in [0.717, 1.165) is 0 Å². The van der Waals surface area contributed by atoms with Crippen molar-refractivity contribution in [3.05, 3.63) is 12.3 Å². The smallest absolute Gasteiger partial charge is 0.413 e. The third-order valence-electron chi connectivity index (χ3n) is 1.51. The largest absolute Gasteiger partial charge is 0.452 e. The van der Waals surface area contributed by atoms with E-state index in [0.29, 0.717) is 13.0 Å². The van der Waals surface area contributed by atoms with Gasteiger partial charge in [0, 0.05) is 6.20 Å². The van der Waals surface area contributed by atoms with E-state index in [1.54, 1.807) is 12.3 Å². The van der Waals surface area contributed by atoms with Gasteiger partial charge in [0.05, 0.1) is 19.8 Å². The summed E-state index contributed by atoms with van der Waals surface area (Å²) in [6, 6.07) is 0. The van der Waals surface area contributed by atoms with Crippen molar-refractivity contribution in [1.29, 1.82) is 0 Å². The quantitative estimate of drug-likeness (QED) is 0.551. The first-order valence-electron chi connectivity index (χ1n) is 3.43. The van der Waals surface area contributed by atoms with Crippen LogP contribution in [-0.2, 0) is 4.74 Å². The summed E-state index contributed by atoms with van der Waals surface area (Å²) in [6.07, 6.45) is 3.08. The number of nitrogens with zero attached hydrogens (tertiary/aromatic N) is 1. The van der Waals surface area contributed by atoms with Crippen LogP contribution in [0.25, 0.3) is 0 Å². The van der Waals surface area contributed by atoms with Crippen LogP contribution in [0.4, 0.5) is 4.79 Å². The highest BCUT2D eigenvalue weighted by Crippen LogP contribution is 2.07. The predicted molar refractivity (Wildman–Crippen MR) is 38.9 cm³/mol. The second-order valence-electron chi connectivity index (χ2n) is 2.40. The van der Waals surface area contributed by atoms with Crippen LogP contribution in [0, 0.1) is 0 Å². The third-order valence-corrected chi connectivity index (χ3v) is 1.51. The Morgan fingerprint density at radius 2 is 2.55 bits per heavy atom. The van der Waals surface area contributed by atoms with Crippen LogP contribution in [0.5, 0.6) is 0 Å². The van der Waals surface area contributed by atoms with Gasteiger partial charge in [0.2, 0.25) is 0 Å². The number of rotatable bonds is 0. The van der Waals surface area contributed by atoms with E-state index < -0.39 is 12.2 Å². The molecule has 1 rings (SSSR count). The molecule has 1 N–H and O–H groups in total. The molecule has 1 heterocycles. The van der Waals surface area contributed by atoms with Crippen LogP contribution in [0.3, 0.4) is 0 Å². The van der Waals surface area contributed by atoms with Gasteiger partial charge >= 0.3 is 6.09 Å². The summed E-state index contributed by atoms with van der Waals surface area (Å²) in [4.78, 5) is 12.2. The molecule has 0 aromatic heterocycles. The first-order valence-corrected chi connectivity index (χ1v) is 3.43. The molecule has 0 aliphatic carbocycles. The maximum Gasteiger partial charge on any atom is 0.413 e. The maximum atomic E-state index is 10.9. The van der Waals surface area contributed by atoms with Gasteiger partial charge in [-0.15, -0.1) is 0 Å². The molecule has 62 valence electrons. The van der Waals surface area contributed by atoms with Gasteiger partial charge in [-0.3, -0.25) is 4.90 Å². The number of β-amino-alcohol motifs (C(OH)–C–C–N with tert-alkyl or cyclic N) is 1. The van der Waals surface area contributed by atoms with Crippen LogP contribution in [0.2, 0.25) is 0 Å². The van der Waals surface area contributed by atoms with E-state index in [4.69, 9.17) is 5.11 Å². The predicted octanol–water partition coefficient (Wildman–Crippen LogP) is 0.333. The van der Waals surface area contributed by atoms with E-state index in [9.17, 15) is 4.79 Å². The lowest BCUT2D eigenvalue weighted by Gasteiger charge is -2.23. The molecule has 0 radical (unpaired) electrons. The third kappa shape index (κ3) is 1.94. The van der Waals surface area contributed by atoms with Crippen LogP contribution >= 0.6 is 0 Å². The molecular formula is C7H11NO3. The minimum atomic E-state index is -0.459. The van der Waals surface area contributed by atoms with Crippen LogP contribution in [-0.4, -0.2) is 35.9 Å². The monoisotopic (exact) mass is 157 g/mol. The Kier molecular flexibility index (Phi) is 2.48. The average molecular weight is 157 g/mol. The topological polar surface area (TPSA) is 49.8 Å². The molecular weight excluding hydrogens is 146 g/mol. The molecule has 11 heavy (non-hydrogen) atoms. The molecule has 1 aliphatic heterocycles. The molecule has 0 fully saturated rings. The second-order valence-corrected chi connectivity index (χ2v) is 2.40. The Hall–Kier alpha value is -1.03. The molecule has 4 nitrogen and oxygen atoms in total. The molecule has 0 aromatic carbocycles. The van der Waals surface area contributed by atoms with Crippen molar-refractivity contribution in [1.82, 2.24) is 4.90 Å². The molecule has 0 saturated carbocycles. The summed E-state index contributed by atoms with van der Waals surface area (Å²) < 4.78 is 4.46. The number of carbonyl (C=O) groups is 1. The first-order chi connectivity index (χ1) is 5.24. The fourth-order valence-corrected chi connectivity index (χ4v) is 0.960. The second kappa shape index (κ2) is 3.39. The van der Waals surface area contributed by atoms with E-state index in [2.05, 4.69) is 4.74 Å². The summed E-state index contributed by atoms with van der Waals surface area (Å²) in [7, 11) is 1.32. The van der Waals surface area contributed by atoms with Crippen LogP contribution < -0.4 is 0 Å². The van der Waals surface area contributed by atoms with E-state index in [1.807, 2.05) is 0 Å². The number of hydrogen-bond acceptors (Lipinski definition) is 3. The zero-order valence-electron chi connectivity index (χ0n) is 6.36. The lowest BCUT2D eigenvalue weighted by Crippen LogP contribution is -2.35. The van der Waals surface area contributed by atoms with Crippen molar-refractivity contribution < 1.29 is 14.6 Å². The van der Waals surface area contributed by atoms with Crippen LogP contribution in [0.15, 0.2) is 12.3 Å². The fourth-order valence-electron chi connectivity index (χ4n) is 0.960. The van der Waals surface area contributed by atoms with Gasteiger partial charge in [0.25, 0.3) is 0 Å². The Morgan fingerprint density at radius 3 is 3.09 bits per heavy atom. The number of hydrogen-bond donors (Lipinski definition) is 1. The molecule has 0 bridgehead atoms. The first kappa shape index (κ1) is 8.07. The van der Waals surface area contributed by atoms with Gasteiger partial charge in [-0.25, -0.2) is 4.79 Å². The Balaban J connectivity index is 2.52. The number of aliphatic hydroxyl groups excluding tert-OH is 1. The molecule has 4 heteroatoms. The average Bonchev–Trinajstić information content (AvgIpc) is 2.03. The minimum Gasteiger partial charge on any atom is -0.452 e. The summed E-state index contributed by atoms with van der Waals surface area (Å²) in [5.74, 6) is 0. The Morgan fingerprint density at radius 1 is 1.82 bits per heavy atom. The molecule has 0 unspecified atom stereocenters. The number of carbonyl (C=O) groups excluding carboxylic acids is 1. The molecule has 0 aromatic rings. The van der Waals surface area contributed by atoms with Gasteiger partial charge < -0.3 is 9.84 Å². The highest BCUT2D eigenvalue weighted by atomic mass is 16.5. The number of ether oxygens (including phenoxy) is 1. The highest BCUT2D eigenvalue weighted by molar-refractivity contribution is 5.68. The van der Waals surface area contributed by atoms with E-state index >= 15 is 0 Å². The van der Waals surface area contributed by atoms with E-state index in [1.165, 1.54) is 12.0 Å². The van der Waals surface area contributed by atoms with Gasteiger partial charge in [-0.1, -0.05) is 6.08 Å². The minimum absolute atomic E-state index is 0.323. The Labute approximate surface area is 65.1 Å². The zero-order valence-corrected chi connectivity index (χ0v) is 6.36. The van der Waals surface area contributed by atoms with Crippen LogP contribution in [0.1, 0.15) is 6.42 Å². The number of methoxy groups -OCH3 is 1. The van der Waals surface area contributed by atoms with Gasteiger partial charge in [0.15, 0.2) is 0 Å². The molecule has 1 amide bonds. The van der Waals surface area contributed by atoms with E-state index in [-0.39, 0.29) is 0 Å². The van der Waals surface area contributed by atoms with Gasteiger partial charge in [-0.2, -0.15) is 0 Å². The normalized spacial score (nSPS) is 23.5. The summed E-state index contributed by atoms with van der Waals surface area (Å²) >= 11 is 0. The fraction of sp³-hybridized carbons (Fsp3) is 0.571. The van der Waals surface area contributed by atoms with Gasteiger partial charge in [0.1, 0.15) is 0 Å². The van der Waals surface area contributed by atoms with Crippen molar-refractivity contribution in [2.24, 2.45) is 0 Å². The standard InChI is InChI=1S/C7H11NO3/c1-11-7(10)8-4-2-3-6(9)5-8/h2,4,6,9H,3,5H2,1H3/t6-/m1/s1. The van der Waals surface area contributed by atoms with Crippen molar-refractivity contribution in [3.63, 3.8) is 0 Å². The zero-order chi connectivity index (χ0) is 8.27. The van der Waals surface area contributed by atoms with Crippen molar-refractivity contribution >= 4 is 6.09 Å². The number of amides is 1.